The van der Waals surface area contributed by atoms with Crippen LogP contribution in [0.4, 0.5) is 0 Å². The molecule has 2 rings (SSSR count). The average molecular weight is 417 g/mol. The fraction of sp³-hybridized carbons (Fsp3) is 0.556. The first-order chi connectivity index (χ1) is 12.8. The highest BCUT2D eigenvalue weighted by Gasteiger charge is 2.28. The number of halogens is 1. The predicted molar refractivity (Wildman–Crippen MR) is 102 cm³/mol. The van der Waals surface area contributed by atoms with Gasteiger partial charge < -0.3 is 10.1 Å². The first-order valence-electron chi connectivity index (χ1n) is 9.05. The van der Waals surface area contributed by atoms with Gasteiger partial charge in [0.2, 0.25) is 10.0 Å². The fourth-order valence-electron chi connectivity index (χ4n) is 2.75. The molecule has 9 heteroatoms. The minimum Gasteiger partial charge on any atom is -0.449 e. The average Bonchev–Trinajstić information content (AvgIpc) is 2.66. The Kier molecular flexibility index (Phi) is 7.64. The smallest absolute Gasteiger partial charge is 0.340 e. The highest BCUT2D eigenvalue weighted by atomic mass is 35.5. The van der Waals surface area contributed by atoms with Gasteiger partial charge in [-0.05, 0) is 44.4 Å². The molecular weight excluding hydrogens is 392 g/mol. The van der Waals surface area contributed by atoms with E-state index in [1.807, 2.05) is 6.92 Å². The summed E-state index contributed by atoms with van der Waals surface area (Å²) < 4.78 is 32.1. The molecule has 1 amide bonds. The normalized spacial score (nSPS) is 16.6. The van der Waals surface area contributed by atoms with E-state index in [9.17, 15) is 18.0 Å². The zero-order valence-corrected chi connectivity index (χ0v) is 17.1. The van der Waals surface area contributed by atoms with Gasteiger partial charge in [0, 0.05) is 19.6 Å². The van der Waals surface area contributed by atoms with Crippen molar-refractivity contribution in [2.24, 2.45) is 0 Å². The second-order valence-electron chi connectivity index (χ2n) is 6.44. The Bertz CT molecular complexity index is 791. The van der Waals surface area contributed by atoms with E-state index in [4.69, 9.17) is 16.3 Å². The van der Waals surface area contributed by atoms with Gasteiger partial charge in [-0.3, -0.25) is 4.79 Å². The third-order valence-corrected chi connectivity index (χ3v) is 6.54. The number of benzene rings is 1. The highest BCUT2D eigenvalue weighted by molar-refractivity contribution is 7.89. The molecule has 1 heterocycles. The molecule has 1 fully saturated rings. The van der Waals surface area contributed by atoms with Crippen molar-refractivity contribution in [3.05, 3.63) is 28.8 Å². The van der Waals surface area contributed by atoms with Crippen LogP contribution in [0.25, 0.3) is 0 Å². The zero-order valence-electron chi connectivity index (χ0n) is 15.5. The molecule has 1 N–H and O–H groups in total. The summed E-state index contributed by atoms with van der Waals surface area (Å²) in [4.78, 5) is 24.3. The number of hydrogen-bond donors (Lipinski definition) is 1. The standard InChI is InChI=1S/C18H25ClN2O5S/c1-3-9-20-17(22)13(2)26-18(23)15-12-14(7-8-16(15)19)27(24,25)21-10-5-4-6-11-21/h7-8,12-13H,3-6,9-11H2,1-2H3,(H,20,22). The number of carbonyl (C=O) groups excluding carboxylic acids is 2. The van der Waals surface area contributed by atoms with Crippen molar-refractivity contribution in [3.63, 3.8) is 0 Å². The largest absolute Gasteiger partial charge is 0.449 e. The SMILES string of the molecule is CCCNC(=O)C(C)OC(=O)c1cc(S(=O)(=O)N2CCCCC2)ccc1Cl. The molecule has 1 unspecified atom stereocenters. The second kappa shape index (κ2) is 9.52. The molecule has 1 aliphatic rings. The lowest BCUT2D eigenvalue weighted by molar-refractivity contribution is -0.129. The number of esters is 1. The maximum atomic E-state index is 12.8. The summed E-state index contributed by atoms with van der Waals surface area (Å²) in [6.45, 7) is 4.75. The summed E-state index contributed by atoms with van der Waals surface area (Å²) in [5.74, 6) is -1.26. The van der Waals surface area contributed by atoms with E-state index in [-0.39, 0.29) is 15.5 Å². The van der Waals surface area contributed by atoms with Crippen LogP contribution in [0.2, 0.25) is 5.02 Å². The summed E-state index contributed by atoms with van der Waals surface area (Å²) in [6, 6.07) is 3.95. The molecular formula is C18H25ClN2O5S. The van der Waals surface area contributed by atoms with E-state index < -0.39 is 28.0 Å². The molecule has 1 aliphatic heterocycles. The van der Waals surface area contributed by atoms with Crippen molar-refractivity contribution in [1.82, 2.24) is 9.62 Å². The Labute approximate surface area is 165 Å². The van der Waals surface area contributed by atoms with Crippen LogP contribution >= 0.6 is 11.6 Å². The Morgan fingerprint density at radius 3 is 2.56 bits per heavy atom. The van der Waals surface area contributed by atoms with E-state index in [0.717, 1.165) is 25.7 Å². The van der Waals surface area contributed by atoms with Crippen LogP contribution in [0.15, 0.2) is 23.1 Å². The highest BCUT2D eigenvalue weighted by Crippen LogP contribution is 2.25. The van der Waals surface area contributed by atoms with Gasteiger partial charge in [-0.25, -0.2) is 13.2 Å². The van der Waals surface area contributed by atoms with E-state index in [0.29, 0.717) is 19.6 Å². The van der Waals surface area contributed by atoms with Crippen LogP contribution in [0.1, 0.15) is 49.9 Å². The van der Waals surface area contributed by atoms with Crippen LogP contribution in [0, 0.1) is 0 Å². The van der Waals surface area contributed by atoms with Crippen molar-refractivity contribution in [3.8, 4) is 0 Å². The maximum Gasteiger partial charge on any atom is 0.340 e. The van der Waals surface area contributed by atoms with Gasteiger partial charge in [0.05, 0.1) is 15.5 Å². The molecule has 0 aliphatic carbocycles. The van der Waals surface area contributed by atoms with Crippen LogP contribution in [0.3, 0.4) is 0 Å². The number of sulfonamides is 1. The van der Waals surface area contributed by atoms with E-state index in [2.05, 4.69) is 5.32 Å². The number of carbonyl (C=O) groups is 2. The number of nitrogens with one attached hydrogen (secondary N) is 1. The molecule has 0 radical (unpaired) electrons. The second-order valence-corrected chi connectivity index (χ2v) is 8.79. The summed E-state index contributed by atoms with van der Waals surface area (Å²) in [5, 5.41) is 2.70. The van der Waals surface area contributed by atoms with E-state index >= 15 is 0 Å². The van der Waals surface area contributed by atoms with Crippen molar-refractivity contribution in [1.29, 1.82) is 0 Å². The van der Waals surface area contributed by atoms with Gasteiger partial charge >= 0.3 is 5.97 Å². The Hall–Kier alpha value is -1.64. The Morgan fingerprint density at radius 2 is 1.93 bits per heavy atom. The lowest BCUT2D eigenvalue weighted by Crippen LogP contribution is -2.36. The first kappa shape index (κ1) is 21.7. The van der Waals surface area contributed by atoms with Crippen molar-refractivity contribution >= 4 is 33.5 Å². The minimum atomic E-state index is -3.70. The quantitative estimate of drug-likeness (QED) is 0.689. The summed E-state index contributed by atoms with van der Waals surface area (Å²) in [6.07, 6.45) is 2.37. The molecule has 7 nitrogen and oxygen atoms in total. The lowest BCUT2D eigenvalue weighted by Gasteiger charge is -2.26. The van der Waals surface area contributed by atoms with Gasteiger partial charge in [0.1, 0.15) is 0 Å². The van der Waals surface area contributed by atoms with Gasteiger partial charge in [-0.1, -0.05) is 24.9 Å². The number of ether oxygens (including phenoxy) is 1. The van der Waals surface area contributed by atoms with Gasteiger partial charge in [0.15, 0.2) is 6.10 Å². The molecule has 0 spiro atoms. The van der Waals surface area contributed by atoms with E-state index in [1.54, 1.807) is 0 Å². The maximum absolute atomic E-state index is 12.8. The van der Waals surface area contributed by atoms with Crippen molar-refractivity contribution in [2.45, 2.75) is 50.5 Å². The van der Waals surface area contributed by atoms with Gasteiger partial charge in [0.25, 0.3) is 5.91 Å². The predicted octanol–water partition coefficient (Wildman–Crippen LogP) is 2.59. The van der Waals surface area contributed by atoms with E-state index in [1.165, 1.54) is 29.4 Å². The number of nitrogens with zero attached hydrogens (tertiary/aromatic N) is 1. The number of piperidine rings is 1. The summed E-state index contributed by atoms with van der Waals surface area (Å²) in [7, 11) is -3.70. The van der Waals surface area contributed by atoms with Crippen LogP contribution in [0.5, 0.6) is 0 Å². The van der Waals surface area contributed by atoms with Crippen molar-refractivity contribution < 1.29 is 22.7 Å². The molecule has 0 aromatic heterocycles. The molecule has 150 valence electrons. The fourth-order valence-corrected chi connectivity index (χ4v) is 4.48. The van der Waals surface area contributed by atoms with Crippen LogP contribution in [-0.4, -0.2) is 50.3 Å². The molecule has 27 heavy (non-hydrogen) atoms. The van der Waals surface area contributed by atoms with Crippen LogP contribution in [-0.2, 0) is 19.6 Å². The number of hydrogen-bond acceptors (Lipinski definition) is 5. The topological polar surface area (TPSA) is 92.8 Å². The monoisotopic (exact) mass is 416 g/mol. The Balaban J connectivity index is 2.19. The third-order valence-electron chi connectivity index (χ3n) is 4.31. The third kappa shape index (κ3) is 5.43. The molecule has 0 saturated carbocycles. The number of amides is 1. The summed E-state index contributed by atoms with van der Waals surface area (Å²) >= 11 is 6.06. The molecule has 0 bridgehead atoms. The molecule has 1 aromatic rings. The molecule has 1 saturated heterocycles. The summed E-state index contributed by atoms with van der Waals surface area (Å²) in [5.41, 5.74) is -0.0788. The van der Waals surface area contributed by atoms with Gasteiger partial charge in [-0.15, -0.1) is 0 Å². The lowest BCUT2D eigenvalue weighted by atomic mass is 10.2. The minimum absolute atomic E-state index is 0.0103. The molecule has 1 aromatic carbocycles. The van der Waals surface area contributed by atoms with Crippen molar-refractivity contribution in [2.75, 3.05) is 19.6 Å². The van der Waals surface area contributed by atoms with Crippen LogP contribution < -0.4 is 5.32 Å². The molecule has 1 atom stereocenters. The number of rotatable bonds is 7. The Morgan fingerprint density at radius 1 is 1.26 bits per heavy atom. The van der Waals surface area contributed by atoms with Gasteiger partial charge in [-0.2, -0.15) is 4.31 Å². The first-order valence-corrected chi connectivity index (χ1v) is 10.9. The zero-order chi connectivity index (χ0) is 20.0.